The molecule has 2 aromatic heterocycles. The number of para-hydroxylation sites is 1. The first-order valence-corrected chi connectivity index (χ1v) is 10.8. The van der Waals surface area contributed by atoms with Crippen molar-refractivity contribution in [1.82, 2.24) is 25.1 Å². The highest BCUT2D eigenvalue weighted by Crippen LogP contribution is 2.36. The van der Waals surface area contributed by atoms with Gasteiger partial charge in [0, 0.05) is 30.6 Å². The quantitative estimate of drug-likeness (QED) is 0.671. The van der Waals surface area contributed by atoms with Crippen LogP contribution in [0.3, 0.4) is 0 Å². The molecule has 160 valence electrons. The number of hydrogen-bond donors (Lipinski definition) is 2. The number of ether oxygens (including phenoxy) is 1. The number of carboxylic acid groups (broad SMARTS) is 1. The summed E-state index contributed by atoms with van der Waals surface area (Å²) in [6, 6.07) is 13.6. The summed E-state index contributed by atoms with van der Waals surface area (Å²) < 4.78 is 8.20. The molecule has 1 aromatic carbocycles. The lowest BCUT2D eigenvalue weighted by Crippen LogP contribution is -2.36. The van der Waals surface area contributed by atoms with E-state index in [0.29, 0.717) is 24.6 Å². The van der Waals surface area contributed by atoms with Crippen molar-refractivity contribution < 1.29 is 14.6 Å². The lowest BCUT2D eigenvalue weighted by atomic mass is 9.86. The third kappa shape index (κ3) is 4.10. The van der Waals surface area contributed by atoms with Gasteiger partial charge in [-0.25, -0.2) is 9.78 Å². The van der Waals surface area contributed by atoms with Crippen LogP contribution >= 0.6 is 0 Å². The van der Waals surface area contributed by atoms with Crippen molar-refractivity contribution in [2.45, 2.75) is 56.6 Å². The van der Waals surface area contributed by atoms with E-state index in [1.807, 2.05) is 30.3 Å². The van der Waals surface area contributed by atoms with Gasteiger partial charge in [-0.2, -0.15) is 0 Å². The second kappa shape index (κ2) is 8.37. The molecule has 3 heterocycles. The van der Waals surface area contributed by atoms with Gasteiger partial charge in [0.15, 0.2) is 0 Å². The van der Waals surface area contributed by atoms with Crippen LogP contribution in [0.15, 0.2) is 48.7 Å². The van der Waals surface area contributed by atoms with Gasteiger partial charge >= 0.3 is 6.09 Å². The Bertz CT molecular complexity index is 1060. The topological polar surface area (TPSA) is 102 Å². The summed E-state index contributed by atoms with van der Waals surface area (Å²) in [6.45, 7) is 0. The Kier molecular flexibility index (Phi) is 5.28. The standard InChI is InChI=1S/C23H25N5O3/c29-23(30)25-17-13-16-5-1-2-6-19(16)28-20(14-17)26-27-22(28)15-8-10-18(11-9-15)31-21-7-3-4-12-24-21/h1-7,12,15,17-18,25H,8-11,13-14H2,(H,29,30). The predicted molar refractivity (Wildman–Crippen MR) is 114 cm³/mol. The molecule has 8 heteroatoms. The summed E-state index contributed by atoms with van der Waals surface area (Å²) in [4.78, 5) is 15.5. The Labute approximate surface area is 180 Å². The minimum atomic E-state index is -1.01. The Morgan fingerprint density at radius 3 is 2.61 bits per heavy atom. The highest BCUT2D eigenvalue weighted by Gasteiger charge is 2.31. The fourth-order valence-corrected chi connectivity index (χ4v) is 4.75. The summed E-state index contributed by atoms with van der Waals surface area (Å²) in [5.74, 6) is 2.75. The zero-order valence-electron chi connectivity index (χ0n) is 17.1. The minimum absolute atomic E-state index is 0.161. The van der Waals surface area contributed by atoms with Crippen LogP contribution in [-0.4, -0.2) is 43.1 Å². The van der Waals surface area contributed by atoms with E-state index >= 15 is 0 Å². The van der Waals surface area contributed by atoms with Crippen molar-refractivity contribution in [1.29, 1.82) is 0 Å². The molecule has 1 fully saturated rings. The lowest BCUT2D eigenvalue weighted by Gasteiger charge is -2.28. The molecular formula is C23H25N5O3. The van der Waals surface area contributed by atoms with Gasteiger partial charge in [0.05, 0.1) is 5.69 Å². The van der Waals surface area contributed by atoms with E-state index in [0.717, 1.165) is 48.6 Å². The van der Waals surface area contributed by atoms with E-state index in [9.17, 15) is 9.90 Å². The fourth-order valence-electron chi connectivity index (χ4n) is 4.75. The Morgan fingerprint density at radius 1 is 1.03 bits per heavy atom. The zero-order chi connectivity index (χ0) is 21.2. The minimum Gasteiger partial charge on any atom is -0.474 e. The molecule has 2 N–H and O–H groups in total. The Morgan fingerprint density at radius 2 is 1.84 bits per heavy atom. The monoisotopic (exact) mass is 419 g/mol. The largest absolute Gasteiger partial charge is 0.474 e. The number of amides is 1. The molecule has 1 unspecified atom stereocenters. The van der Waals surface area contributed by atoms with Crippen LogP contribution in [0.2, 0.25) is 0 Å². The molecule has 31 heavy (non-hydrogen) atoms. The first-order chi connectivity index (χ1) is 15.2. The third-order valence-electron chi connectivity index (χ3n) is 6.18. The van der Waals surface area contributed by atoms with Crippen LogP contribution in [0, 0.1) is 0 Å². The molecule has 1 aliphatic heterocycles. The summed E-state index contributed by atoms with van der Waals surface area (Å²) in [5.41, 5.74) is 2.16. The summed E-state index contributed by atoms with van der Waals surface area (Å²) in [5, 5.41) is 20.9. The number of hydrogen-bond acceptors (Lipinski definition) is 5. The van der Waals surface area contributed by atoms with Crippen molar-refractivity contribution >= 4 is 6.09 Å². The van der Waals surface area contributed by atoms with Gasteiger partial charge in [0.1, 0.15) is 17.8 Å². The van der Waals surface area contributed by atoms with E-state index in [1.165, 1.54) is 0 Å². The molecule has 1 saturated carbocycles. The number of carbonyl (C=O) groups is 1. The third-order valence-corrected chi connectivity index (χ3v) is 6.18. The van der Waals surface area contributed by atoms with Gasteiger partial charge in [-0.1, -0.05) is 24.3 Å². The second-order valence-corrected chi connectivity index (χ2v) is 8.25. The van der Waals surface area contributed by atoms with Gasteiger partial charge < -0.3 is 15.2 Å². The van der Waals surface area contributed by atoms with Crippen LogP contribution in [0.5, 0.6) is 5.88 Å². The number of pyridine rings is 1. The number of fused-ring (bicyclic) bond motifs is 3. The molecule has 0 saturated heterocycles. The number of benzene rings is 1. The van der Waals surface area contributed by atoms with Crippen LogP contribution in [0.25, 0.3) is 5.69 Å². The van der Waals surface area contributed by atoms with E-state index in [2.05, 4.69) is 37.2 Å². The van der Waals surface area contributed by atoms with Crippen LogP contribution in [0.4, 0.5) is 4.79 Å². The molecule has 2 aliphatic rings. The van der Waals surface area contributed by atoms with Gasteiger partial charge in [0.2, 0.25) is 5.88 Å². The van der Waals surface area contributed by atoms with Gasteiger partial charge in [-0.3, -0.25) is 4.57 Å². The molecule has 5 rings (SSSR count). The van der Waals surface area contributed by atoms with Crippen molar-refractivity contribution in [3.8, 4) is 11.6 Å². The van der Waals surface area contributed by atoms with Gasteiger partial charge in [0.25, 0.3) is 0 Å². The Hall–Kier alpha value is -3.42. The van der Waals surface area contributed by atoms with Crippen molar-refractivity contribution in [2.24, 2.45) is 0 Å². The smallest absolute Gasteiger partial charge is 0.404 e. The maximum atomic E-state index is 11.2. The highest BCUT2D eigenvalue weighted by molar-refractivity contribution is 5.65. The summed E-state index contributed by atoms with van der Waals surface area (Å²) >= 11 is 0. The average Bonchev–Trinajstić information content (AvgIpc) is 3.11. The molecule has 3 aromatic rings. The molecule has 8 nitrogen and oxygen atoms in total. The number of aromatic nitrogens is 4. The number of nitrogens with zero attached hydrogens (tertiary/aromatic N) is 4. The number of nitrogens with one attached hydrogen (secondary N) is 1. The maximum Gasteiger partial charge on any atom is 0.404 e. The highest BCUT2D eigenvalue weighted by atomic mass is 16.5. The van der Waals surface area contributed by atoms with Crippen LogP contribution in [0.1, 0.15) is 48.8 Å². The normalized spacial score (nSPS) is 22.6. The van der Waals surface area contributed by atoms with E-state index in [1.54, 1.807) is 6.20 Å². The van der Waals surface area contributed by atoms with Gasteiger partial charge in [-0.05, 0) is 49.8 Å². The van der Waals surface area contributed by atoms with E-state index in [-0.39, 0.29) is 12.1 Å². The first kappa shape index (κ1) is 19.5. The summed E-state index contributed by atoms with van der Waals surface area (Å²) in [7, 11) is 0. The molecule has 0 bridgehead atoms. The molecular weight excluding hydrogens is 394 g/mol. The predicted octanol–water partition coefficient (Wildman–Crippen LogP) is 3.50. The maximum absolute atomic E-state index is 11.2. The SMILES string of the molecule is O=C(O)NC1Cc2ccccc2-n2c(nnc2C2CCC(Oc3ccccn3)CC2)C1. The van der Waals surface area contributed by atoms with Gasteiger partial charge in [-0.15, -0.1) is 10.2 Å². The van der Waals surface area contributed by atoms with Crippen molar-refractivity contribution in [2.75, 3.05) is 0 Å². The van der Waals surface area contributed by atoms with Crippen LogP contribution < -0.4 is 10.1 Å². The summed E-state index contributed by atoms with van der Waals surface area (Å²) in [6.07, 6.45) is 5.86. The van der Waals surface area contributed by atoms with Crippen molar-refractivity contribution in [3.63, 3.8) is 0 Å². The molecule has 1 aliphatic carbocycles. The fraction of sp³-hybridized carbons (Fsp3) is 0.391. The molecule has 0 spiro atoms. The van der Waals surface area contributed by atoms with Crippen molar-refractivity contribution in [3.05, 3.63) is 65.9 Å². The lowest BCUT2D eigenvalue weighted by molar-refractivity contribution is 0.139. The Balaban J connectivity index is 1.37. The number of rotatable bonds is 4. The van der Waals surface area contributed by atoms with E-state index < -0.39 is 6.09 Å². The van der Waals surface area contributed by atoms with E-state index in [4.69, 9.17) is 4.74 Å². The molecule has 0 radical (unpaired) electrons. The zero-order valence-corrected chi connectivity index (χ0v) is 17.1. The average molecular weight is 419 g/mol. The second-order valence-electron chi connectivity index (χ2n) is 8.25. The molecule has 1 atom stereocenters. The first-order valence-electron chi connectivity index (χ1n) is 10.8. The van der Waals surface area contributed by atoms with Crippen LogP contribution in [-0.2, 0) is 12.8 Å². The molecule has 1 amide bonds.